The number of benzene rings is 1. The third-order valence-electron chi connectivity index (χ3n) is 2.66. The minimum atomic E-state index is -0.143. The first-order valence-electron chi connectivity index (χ1n) is 5.85. The Hall–Kier alpha value is -0.840. The second-order valence-electron chi connectivity index (χ2n) is 4.26. The van der Waals surface area contributed by atoms with Crippen LogP contribution in [0.15, 0.2) is 40.2 Å². The van der Waals surface area contributed by atoms with Crippen molar-refractivity contribution in [3.63, 3.8) is 0 Å². The Bertz CT molecular complexity index is 571. The first-order valence-corrected chi connectivity index (χ1v) is 7.90. The van der Waals surface area contributed by atoms with Gasteiger partial charge in [-0.1, -0.05) is 23.7 Å². The van der Waals surface area contributed by atoms with Crippen LogP contribution in [0.2, 0.25) is 5.02 Å². The van der Waals surface area contributed by atoms with Gasteiger partial charge in [0.25, 0.3) is 5.91 Å². The lowest BCUT2D eigenvalue weighted by Crippen LogP contribution is -2.34. The van der Waals surface area contributed by atoms with E-state index in [1.807, 2.05) is 24.4 Å². The van der Waals surface area contributed by atoms with Crippen LogP contribution < -0.4 is 5.32 Å². The molecule has 1 unspecified atom stereocenters. The van der Waals surface area contributed by atoms with Crippen LogP contribution in [-0.2, 0) is 6.42 Å². The topological polar surface area (TPSA) is 29.1 Å². The van der Waals surface area contributed by atoms with E-state index in [1.165, 1.54) is 4.88 Å². The summed E-state index contributed by atoms with van der Waals surface area (Å²) in [5, 5.41) is 5.45. The lowest BCUT2D eigenvalue weighted by molar-refractivity contribution is 0.0940. The van der Waals surface area contributed by atoms with Crippen molar-refractivity contribution in [2.75, 3.05) is 0 Å². The first-order chi connectivity index (χ1) is 9.08. The van der Waals surface area contributed by atoms with Gasteiger partial charge < -0.3 is 5.32 Å². The summed E-state index contributed by atoms with van der Waals surface area (Å²) < 4.78 is 0.729. The van der Waals surface area contributed by atoms with Crippen molar-refractivity contribution < 1.29 is 4.79 Å². The third-order valence-corrected chi connectivity index (χ3v) is 4.86. The maximum absolute atomic E-state index is 12.1. The van der Waals surface area contributed by atoms with Crippen LogP contribution in [0.1, 0.15) is 22.2 Å². The number of hydrogen-bond donors (Lipinski definition) is 1. The van der Waals surface area contributed by atoms with Crippen LogP contribution in [0, 0.1) is 0 Å². The van der Waals surface area contributed by atoms with Crippen molar-refractivity contribution in [2.24, 2.45) is 0 Å². The van der Waals surface area contributed by atoms with Gasteiger partial charge in [-0.3, -0.25) is 4.79 Å². The van der Waals surface area contributed by atoms with E-state index < -0.39 is 0 Å². The molecule has 2 aromatic rings. The van der Waals surface area contributed by atoms with Gasteiger partial charge in [-0.05, 0) is 46.4 Å². The molecule has 1 amide bonds. The maximum atomic E-state index is 12.1. The van der Waals surface area contributed by atoms with Crippen molar-refractivity contribution in [3.8, 4) is 0 Å². The van der Waals surface area contributed by atoms with Gasteiger partial charge in [0.05, 0.1) is 10.6 Å². The molecule has 0 aliphatic rings. The van der Waals surface area contributed by atoms with Gasteiger partial charge in [0.2, 0.25) is 0 Å². The predicted octanol–water partition coefficient (Wildman–Crippen LogP) is 4.53. The highest BCUT2D eigenvalue weighted by Crippen LogP contribution is 2.26. The van der Waals surface area contributed by atoms with Gasteiger partial charge in [0, 0.05) is 21.8 Å². The molecule has 19 heavy (non-hydrogen) atoms. The zero-order valence-corrected chi connectivity index (χ0v) is 13.5. The number of nitrogens with one attached hydrogen (secondary N) is 1. The molecule has 100 valence electrons. The molecule has 1 atom stereocenters. The summed E-state index contributed by atoms with van der Waals surface area (Å²) in [6.07, 6.45) is 0.828. The molecular weight excluding hydrogens is 346 g/mol. The predicted molar refractivity (Wildman–Crippen MR) is 84.1 cm³/mol. The Labute approximate surface area is 129 Å². The monoisotopic (exact) mass is 357 g/mol. The molecule has 1 aromatic carbocycles. The molecule has 0 saturated carbocycles. The molecule has 0 aliphatic carbocycles. The molecule has 5 heteroatoms. The van der Waals surface area contributed by atoms with Crippen molar-refractivity contribution in [1.82, 2.24) is 5.32 Å². The van der Waals surface area contributed by atoms with E-state index in [0.717, 1.165) is 10.9 Å². The standard InChI is InChI=1S/C14H13BrClNOS/c1-9(8-10-4-3-7-19-10)17-14(18)11-5-2-6-12(15)13(11)16/h2-7,9H,8H2,1H3,(H,17,18). The number of rotatable bonds is 4. The van der Waals surface area contributed by atoms with Gasteiger partial charge in [0.1, 0.15) is 0 Å². The number of carbonyl (C=O) groups excluding carboxylic acids is 1. The van der Waals surface area contributed by atoms with E-state index in [-0.39, 0.29) is 11.9 Å². The summed E-state index contributed by atoms with van der Waals surface area (Å²) in [7, 11) is 0. The molecule has 1 heterocycles. The number of carbonyl (C=O) groups is 1. The van der Waals surface area contributed by atoms with Crippen molar-refractivity contribution in [1.29, 1.82) is 0 Å². The Morgan fingerprint density at radius 2 is 2.21 bits per heavy atom. The minimum Gasteiger partial charge on any atom is -0.349 e. The van der Waals surface area contributed by atoms with Crippen LogP contribution in [-0.4, -0.2) is 11.9 Å². The van der Waals surface area contributed by atoms with E-state index in [0.29, 0.717) is 10.6 Å². The molecule has 0 fully saturated rings. The molecule has 0 spiro atoms. The highest BCUT2D eigenvalue weighted by Gasteiger charge is 2.14. The molecular formula is C14H13BrClNOS. The SMILES string of the molecule is CC(Cc1cccs1)NC(=O)c1cccc(Br)c1Cl. The molecule has 1 N–H and O–H groups in total. The van der Waals surface area contributed by atoms with Crippen molar-refractivity contribution in [3.05, 3.63) is 55.6 Å². The molecule has 0 saturated heterocycles. The van der Waals surface area contributed by atoms with Gasteiger partial charge in [-0.15, -0.1) is 11.3 Å². The van der Waals surface area contributed by atoms with E-state index in [4.69, 9.17) is 11.6 Å². The maximum Gasteiger partial charge on any atom is 0.253 e. The molecule has 0 aliphatic heterocycles. The Balaban J connectivity index is 2.02. The van der Waals surface area contributed by atoms with E-state index in [1.54, 1.807) is 23.5 Å². The fourth-order valence-corrected chi connectivity index (χ4v) is 3.18. The summed E-state index contributed by atoms with van der Waals surface area (Å²) in [6, 6.07) is 9.49. The lowest BCUT2D eigenvalue weighted by atomic mass is 10.1. The summed E-state index contributed by atoms with van der Waals surface area (Å²) in [5.41, 5.74) is 0.495. The van der Waals surface area contributed by atoms with Crippen LogP contribution in [0.4, 0.5) is 0 Å². The number of halogens is 2. The Morgan fingerprint density at radius 1 is 1.42 bits per heavy atom. The zero-order chi connectivity index (χ0) is 13.8. The fourth-order valence-electron chi connectivity index (χ4n) is 1.76. The van der Waals surface area contributed by atoms with Crippen molar-refractivity contribution >= 4 is 44.8 Å². The molecule has 1 aromatic heterocycles. The van der Waals surface area contributed by atoms with E-state index in [2.05, 4.69) is 27.3 Å². The fraction of sp³-hybridized carbons (Fsp3) is 0.214. The van der Waals surface area contributed by atoms with Gasteiger partial charge in [-0.2, -0.15) is 0 Å². The summed E-state index contributed by atoms with van der Waals surface area (Å²) in [5.74, 6) is -0.143. The minimum absolute atomic E-state index is 0.0706. The summed E-state index contributed by atoms with van der Waals surface area (Å²) >= 11 is 11.1. The highest BCUT2D eigenvalue weighted by molar-refractivity contribution is 9.10. The second kappa shape index (κ2) is 6.55. The summed E-state index contributed by atoms with van der Waals surface area (Å²) in [6.45, 7) is 1.99. The quantitative estimate of drug-likeness (QED) is 0.855. The van der Waals surface area contributed by atoms with Crippen molar-refractivity contribution in [2.45, 2.75) is 19.4 Å². The van der Waals surface area contributed by atoms with Crippen LogP contribution in [0.25, 0.3) is 0 Å². The lowest BCUT2D eigenvalue weighted by Gasteiger charge is -2.14. The molecule has 2 rings (SSSR count). The number of thiophene rings is 1. The highest BCUT2D eigenvalue weighted by atomic mass is 79.9. The van der Waals surface area contributed by atoms with Gasteiger partial charge in [-0.25, -0.2) is 0 Å². The van der Waals surface area contributed by atoms with E-state index in [9.17, 15) is 4.79 Å². The Kier molecular flexibility index (Phi) is 5.02. The van der Waals surface area contributed by atoms with Crippen LogP contribution in [0.3, 0.4) is 0 Å². The van der Waals surface area contributed by atoms with Crippen LogP contribution in [0.5, 0.6) is 0 Å². The number of hydrogen-bond acceptors (Lipinski definition) is 2. The summed E-state index contributed by atoms with van der Waals surface area (Å²) in [4.78, 5) is 13.4. The van der Waals surface area contributed by atoms with Gasteiger partial charge in [0.15, 0.2) is 0 Å². The normalized spacial score (nSPS) is 12.2. The largest absolute Gasteiger partial charge is 0.349 e. The Morgan fingerprint density at radius 3 is 2.89 bits per heavy atom. The third kappa shape index (κ3) is 3.81. The average Bonchev–Trinajstić information content (AvgIpc) is 2.85. The van der Waals surface area contributed by atoms with Gasteiger partial charge >= 0.3 is 0 Å². The zero-order valence-electron chi connectivity index (χ0n) is 10.3. The average molecular weight is 359 g/mol. The molecule has 0 radical (unpaired) electrons. The molecule has 2 nitrogen and oxygen atoms in total. The van der Waals surface area contributed by atoms with Crippen LogP contribution >= 0.6 is 38.9 Å². The first kappa shape index (κ1) is 14.6. The number of amides is 1. The van der Waals surface area contributed by atoms with E-state index >= 15 is 0 Å². The smallest absolute Gasteiger partial charge is 0.253 e. The molecule has 0 bridgehead atoms. The second-order valence-corrected chi connectivity index (χ2v) is 6.52.